The first-order chi connectivity index (χ1) is 18.2. The molecule has 1 aromatic rings. The number of likely N-dealkylation sites (N-methyl/N-ethyl adjacent to an activating group) is 1. The molecule has 9 N–H and O–H groups in total. The van der Waals surface area contributed by atoms with Gasteiger partial charge in [0.15, 0.2) is 11.4 Å². The van der Waals surface area contributed by atoms with Crippen LogP contribution in [0.4, 0.5) is 10.5 Å². The SMILES string of the molecule is CCCNC(=O)Nc1ccc2c(c1O)C(O)=C1C(=O)[C@]3(O)C(O)=C(C(N)=O)C(=O)C(N(C)C)[C@@H]3[C@@H](O)[C@@H]1[C@H]2C. The van der Waals surface area contributed by atoms with Crippen LogP contribution in [0.3, 0.4) is 0 Å². The number of phenols is 1. The second kappa shape index (κ2) is 9.67. The molecule has 1 fully saturated rings. The topological polar surface area (TPSA) is 223 Å². The van der Waals surface area contributed by atoms with E-state index in [2.05, 4.69) is 10.6 Å². The molecule has 0 radical (unpaired) electrons. The number of primary amides is 1. The fourth-order valence-electron chi connectivity index (χ4n) is 6.12. The number of carbonyl (C=O) groups excluding carboxylic acids is 4. The summed E-state index contributed by atoms with van der Waals surface area (Å²) in [5, 5.41) is 61.6. The number of phenolic OH excluding ortho intramolecular Hbond substituents is 1. The normalized spacial score (nSPS) is 30.1. The molecular formula is C26H32N4O9. The number of amides is 3. The van der Waals surface area contributed by atoms with Crippen molar-refractivity contribution in [3.63, 3.8) is 0 Å². The number of anilines is 1. The number of nitrogens with two attached hydrogens (primary N) is 1. The van der Waals surface area contributed by atoms with Crippen molar-refractivity contribution in [2.45, 2.75) is 43.9 Å². The number of aliphatic hydroxyl groups excluding tert-OH is 3. The van der Waals surface area contributed by atoms with Crippen LogP contribution in [-0.2, 0) is 14.4 Å². The fraction of sp³-hybridized carbons (Fsp3) is 0.462. The van der Waals surface area contributed by atoms with Crippen molar-refractivity contribution in [3.05, 3.63) is 40.2 Å². The summed E-state index contributed by atoms with van der Waals surface area (Å²) in [6, 6.07) is 0.879. The highest BCUT2D eigenvalue weighted by Crippen LogP contribution is 2.56. The van der Waals surface area contributed by atoms with Gasteiger partial charge in [-0.2, -0.15) is 0 Å². The number of fused-ring (bicyclic) bond motifs is 3. The first-order valence-corrected chi connectivity index (χ1v) is 12.4. The lowest BCUT2D eigenvalue weighted by Crippen LogP contribution is -2.70. The number of aliphatic hydroxyl groups is 4. The zero-order valence-electron chi connectivity index (χ0n) is 21.8. The van der Waals surface area contributed by atoms with Crippen LogP contribution in [0.2, 0.25) is 0 Å². The summed E-state index contributed by atoms with van der Waals surface area (Å²) in [7, 11) is 2.87. The maximum Gasteiger partial charge on any atom is 0.319 e. The van der Waals surface area contributed by atoms with Crippen LogP contribution >= 0.6 is 0 Å². The van der Waals surface area contributed by atoms with Crippen LogP contribution < -0.4 is 16.4 Å². The Bertz CT molecular complexity index is 1350. The molecular weight excluding hydrogens is 512 g/mol. The van der Waals surface area contributed by atoms with Gasteiger partial charge in [-0.15, -0.1) is 0 Å². The summed E-state index contributed by atoms with van der Waals surface area (Å²) < 4.78 is 0. The van der Waals surface area contributed by atoms with Gasteiger partial charge in [0.05, 0.1) is 29.3 Å². The van der Waals surface area contributed by atoms with Gasteiger partial charge in [0.25, 0.3) is 5.91 Å². The summed E-state index contributed by atoms with van der Waals surface area (Å²) in [5.74, 6) is -9.80. The Morgan fingerprint density at radius 3 is 2.36 bits per heavy atom. The summed E-state index contributed by atoms with van der Waals surface area (Å²) in [4.78, 5) is 52.7. The minimum absolute atomic E-state index is 0.0739. The molecule has 13 heteroatoms. The van der Waals surface area contributed by atoms with Crippen molar-refractivity contribution in [1.82, 2.24) is 10.2 Å². The van der Waals surface area contributed by atoms with Gasteiger partial charge in [-0.25, -0.2) is 4.79 Å². The molecule has 3 aliphatic carbocycles. The number of urea groups is 1. The van der Waals surface area contributed by atoms with Crippen molar-refractivity contribution in [3.8, 4) is 5.75 Å². The van der Waals surface area contributed by atoms with Gasteiger partial charge in [-0.1, -0.05) is 19.9 Å². The number of benzene rings is 1. The second-order valence-corrected chi connectivity index (χ2v) is 10.4. The standard InChI is InChI=1S/C26H32N4O9/c1-5-8-28-25(38)29-11-7-6-10-9(2)12-14(19(32)13(10)18(11)31)22(35)26(39)16(20(12)33)17(30(3)4)21(34)15(23(26)36)24(27)37/h6-7,9,12,16-17,20,31-33,36,39H,5,8H2,1-4H3,(H2,27,37)(H2,28,29,38)/t9-,12+,16+,17?,20-,26-/m0/s1. The molecule has 1 saturated carbocycles. The Balaban J connectivity index is 1.94. The quantitative estimate of drug-likeness (QED) is 0.183. The zero-order chi connectivity index (χ0) is 29.1. The largest absolute Gasteiger partial charge is 0.508 e. The summed E-state index contributed by atoms with van der Waals surface area (Å²) in [6.07, 6.45) is -1.01. The third-order valence-corrected chi connectivity index (χ3v) is 7.91. The number of hydrogen-bond acceptors (Lipinski definition) is 10. The van der Waals surface area contributed by atoms with E-state index in [1.807, 2.05) is 6.92 Å². The number of hydrogen-bond donors (Lipinski definition) is 8. The van der Waals surface area contributed by atoms with Gasteiger partial charge in [0.2, 0.25) is 5.78 Å². The zero-order valence-corrected chi connectivity index (χ0v) is 21.8. The van der Waals surface area contributed by atoms with E-state index in [-0.39, 0.29) is 11.3 Å². The minimum Gasteiger partial charge on any atom is -0.508 e. The number of ketones is 2. The van der Waals surface area contributed by atoms with Gasteiger partial charge >= 0.3 is 6.03 Å². The van der Waals surface area contributed by atoms with E-state index < -0.39 is 87.4 Å². The van der Waals surface area contributed by atoms with E-state index in [1.54, 1.807) is 6.92 Å². The third kappa shape index (κ3) is 3.87. The van der Waals surface area contributed by atoms with Crippen LogP contribution in [0.1, 0.15) is 37.3 Å². The molecule has 0 aliphatic heterocycles. The summed E-state index contributed by atoms with van der Waals surface area (Å²) in [5.41, 5.74) is 0.872. The Morgan fingerprint density at radius 1 is 1.15 bits per heavy atom. The Labute approximate surface area is 223 Å². The molecule has 6 atom stereocenters. The van der Waals surface area contributed by atoms with Crippen LogP contribution in [0.5, 0.6) is 5.75 Å². The van der Waals surface area contributed by atoms with E-state index in [0.717, 1.165) is 0 Å². The van der Waals surface area contributed by atoms with Crippen LogP contribution in [-0.4, -0.2) is 92.3 Å². The highest BCUT2D eigenvalue weighted by Gasteiger charge is 2.68. The van der Waals surface area contributed by atoms with E-state index in [0.29, 0.717) is 18.5 Å². The summed E-state index contributed by atoms with van der Waals surface area (Å²) in [6.45, 7) is 3.85. The van der Waals surface area contributed by atoms with E-state index in [1.165, 1.54) is 31.1 Å². The summed E-state index contributed by atoms with van der Waals surface area (Å²) >= 11 is 0. The molecule has 13 nitrogen and oxygen atoms in total. The van der Waals surface area contributed by atoms with Crippen molar-refractivity contribution < 1.29 is 44.7 Å². The van der Waals surface area contributed by atoms with Gasteiger partial charge < -0.3 is 41.9 Å². The van der Waals surface area contributed by atoms with Gasteiger partial charge in [-0.05, 0) is 38.1 Å². The molecule has 4 rings (SSSR count). The number of carbonyl (C=O) groups is 4. The smallest absolute Gasteiger partial charge is 0.319 e. The third-order valence-electron chi connectivity index (χ3n) is 7.91. The number of aromatic hydroxyl groups is 1. The van der Waals surface area contributed by atoms with E-state index in [9.17, 15) is 44.7 Å². The van der Waals surface area contributed by atoms with Crippen LogP contribution in [0.25, 0.3) is 5.76 Å². The Kier molecular flexibility index (Phi) is 6.96. The molecule has 39 heavy (non-hydrogen) atoms. The number of rotatable bonds is 5. The lowest BCUT2D eigenvalue weighted by Gasteiger charge is -2.53. The van der Waals surface area contributed by atoms with Crippen LogP contribution in [0, 0.1) is 11.8 Å². The van der Waals surface area contributed by atoms with Gasteiger partial charge in [0.1, 0.15) is 22.8 Å². The highest BCUT2D eigenvalue weighted by atomic mass is 16.4. The molecule has 0 saturated heterocycles. The van der Waals surface area contributed by atoms with E-state index >= 15 is 0 Å². The fourth-order valence-corrected chi connectivity index (χ4v) is 6.12. The van der Waals surface area contributed by atoms with Crippen molar-refractivity contribution in [1.29, 1.82) is 0 Å². The Hall–Kier alpha value is -3.94. The first-order valence-electron chi connectivity index (χ1n) is 12.4. The van der Waals surface area contributed by atoms with Crippen molar-refractivity contribution >= 4 is 35.0 Å². The second-order valence-electron chi connectivity index (χ2n) is 10.4. The number of nitrogens with one attached hydrogen (secondary N) is 2. The minimum atomic E-state index is -2.99. The molecule has 1 aromatic carbocycles. The first kappa shape index (κ1) is 28.1. The number of Topliss-reactive ketones (excluding diaryl/α,β-unsaturated/α-hetero) is 2. The number of nitrogens with zero attached hydrogens (tertiary/aromatic N) is 1. The molecule has 3 amide bonds. The lowest BCUT2D eigenvalue weighted by atomic mass is 9.54. The molecule has 3 aliphatic rings. The molecule has 0 bridgehead atoms. The van der Waals surface area contributed by atoms with Crippen molar-refractivity contribution in [2.75, 3.05) is 26.0 Å². The van der Waals surface area contributed by atoms with Crippen molar-refractivity contribution in [2.24, 2.45) is 17.6 Å². The maximum atomic E-state index is 14.0. The average Bonchev–Trinajstić information content (AvgIpc) is 2.85. The Morgan fingerprint density at radius 2 is 1.79 bits per heavy atom. The van der Waals surface area contributed by atoms with Crippen LogP contribution in [0.15, 0.2) is 29.0 Å². The predicted octanol–water partition coefficient (Wildman–Crippen LogP) is 0.0273. The maximum absolute atomic E-state index is 14.0. The lowest BCUT2D eigenvalue weighted by molar-refractivity contribution is -0.169. The molecule has 0 heterocycles. The molecule has 210 valence electrons. The predicted molar refractivity (Wildman–Crippen MR) is 138 cm³/mol. The van der Waals surface area contributed by atoms with Gasteiger partial charge in [0, 0.05) is 18.0 Å². The monoisotopic (exact) mass is 544 g/mol. The molecule has 0 aromatic heterocycles. The van der Waals surface area contributed by atoms with E-state index in [4.69, 9.17) is 5.73 Å². The molecule has 1 unspecified atom stereocenters. The molecule has 0 spiro atoms. The average molecular weight is 545 g/mol. The van der Waals surface area contributed by atoms with Gasteiger partial charge in [-0.3, -0.25) is 19.3 Å². The highest BCUT2D eigenvalue weighted by molar-refractivity contribution is 6.24.